The standard InChI is InChI=1S/C36H40O21/c1-47-20-8-15(50-12-23-26(38)28(40)30(42)34(55-23)53-17-6-14-11-52-33(44)25(14)18(37)7-17)4-5-19(20)54-35-31(43)29(41)27(39)24(56-35)13-51-16-9-21(48-2)32(57-36(45)46)22(10-16)49-3/h4-10,23-24,26-31,34-35,37-43H,11-13H2,1-3H3,(H,45,46)/t23-,24-,26-,27-,28+,29+,30-,31-,34-,35-/m1/s1. The van der Waals surface area contributed by atoms with Gasteiger partial charge in [0.25, 0.3) is 0 Å². The van der Waals surface area contributed by atoms with Crippen LogP contribution in [-0.2, 0) is 20.8 Å². The highest BCUT2D eigenvalue weighted by molar-refractivity contribution is 5.96. The van der Waals surface area contributed by atoms with Crippen LogP contribution >= 0.6 is 0 Å². The number of phenols is 1. The third kappa shape index (κ3) is 8.74. The van der Waals surface area contributed by atoms with Gasteiger partial charge in [0.05, 0.1) is 21.3 Å². The number of phenolic OH excluding ortho intramolecular Hbond substituents is 1. The third-order valence-corrected chi connectivity index (χ3v) is 9.16. The Balaban J connectivity index is 1.09. The van der Waals surface area contributed by atoms with E-state index in [0.29, 0.717) is 5.56 Å². The second kappa shape index (κ2) is 17.3. The van der Waals surface area contributed by atoms with Gasteiger partial charge < -0.3 is 93.0 Å². The molecule has 6 rings (SSSR count). The van der Waals surface area contributed by atoms with Gasteiger partial charge in [-0.15, -0.1) is 0 Å². The highest BCUT2D eigenvalue weighted by atomic mass is 16.7. The van der Waals surface area contributed by atoms with E-state index < -0.39 is 85.9 Å². The van der Waals surface area contributed by atoms with Crippen LogP contribution in [0.5, 0.6) is 51.7 Å². The number of methoxy groups -OCH3 is 3. The van der Waals surface area contributed by atoms with Crippen molar-refractivity contribution in [1.29, 1.82) is 0 Å². The van der Waals surface area contributed by atoms with E-state index in [4.69, 9.17) is 57.2 Å². The highest BCUT2D eigenvalue weighted by Crippen LogP contribution is 2.42. The van der Waals surface area contributed by atoms with E-state index in [1.165, 1.54) is 57.7 Å². The second-order valence-electron chi connectivity index (χ2n) is 12.8. The predicted molar refractivity (Wildman–Crippen MR) is 184 cm³/mol. The van der Waals surface area contributed by atoms with Crippen LogP contribution in [0.2, 0.25) is 0 Å². The van der Waals surface area contributed by atoms with Gasteiger partial charge in [0, 0.05) is 29.8 Å². The summed E-state index contributed by atoms with van der Waals surface area (Å²) in [6.07, 6.45) is -17.4. The van der Waals surface area contributed by atoms with Gasteiger partial charge in [0.1, 0.15) is 97.2 Å². The van der Waals surface area contributed by atoms with Gasteiger partial charge >= 0.3 is 12.1 Å². The summed E-state index contributed by atoms with van der Waals surface area (Å²) < 4.78 is 60.0. The minimum Gasteiger partial charge on any atom is -0.507 e. The Labute approximate surface area is 322 Å². The van der Waals surface area contributed by atoms with E-state index in [9.17, 15) is 45.3 Å². The maximum atomic E-state index is 11.8. The van der Waals surface area contributed by atoms with Crippen molar-refractivity contribution in [2.45, 2.75) is 68.0 Å². The Morgan fingerprint density at radius 3 is 1.77 bits per heavy atom. The van der Waals surface area contributed by atoms with Crippen molar-refractivity contribution in [2.75, 3.05) is 34.5 Å². The van der Waals surface area contributed by atoms with Crippen molar-refractivity contribution in [2.24, 2.45) is 0 Å². The lowest BCUT2D eigenvalue weighted by Gasteiger charge is -2.40. The first-order chi connectivity index (χ1) is 27.2. The molecule has 0 bridgehead atoms. The molecule has 8 N–H and O–H groups in total. The number of aliphatic hydroxyl groups excluding tert-OH is 6. The van der Waals surface area contributed by atoms with Gasteiger partial charge in [0.15, 0.2) is 23.0 Å². The zero-order chi connectivity index (χ0) is 41.1. The highest BCUT2D eigenvalue weighted by Gasteiger charge is 2.47. The molecule has 3 aliphatic rings. The van der Waals surface area contributed by atoms with Gasteiger partial charge in [-0.25, -0.2) is 9.59 Å². The SMILES string of the molecule is COc1cc(OC[C@H]2O[C@@H](Oc3cc(O)c4c(c3)COC4=O)[C@H](O)[C@@H](O)[C@@H]2O)ccc1O[C@@H]1O[C@H](COc2cc(OC)c(OC(=O)O)c(OC)c2)[C@@H](O)[C@H](O)[C@H]1O. The van der Waals surface area contributed by atoms with Gasteiger partial charge in [-0.3, -0.25) is 0 Å². The molecular weight excluding hydrogens is 768 g/mol. The molecule has 310 valence electrons. The summed E-state index contributed by atoms with van der Waals surface area (Å²) in [7, 11) is 3.83. The van der Waals surface area contributed by atoms with E-state index >= 15 is 0 Å². The lowest BCUT2D eigenvalue weighted by atomic mass is 9.99. The van der Waals surface area contributed by atoms with Crippen molar-refractivity contribution >= 4 is 12.1 Å². The molecule has 3 heterocycles. The molecule has 3 aromatic rings. The average Bonchev–Trinajstić information content (AvgIpc) is 3.57. The van der Waals surface area contributed by atoms with Crippen molar-refractivity contribution in [3.05, 3.63) is 53.6 Å². The Hall–Kier alpha value is -5.52. The Morgan fingerprint density at radius 1 is 0.667 bits per heavy atom. The minimum atomic E-state index is -1.75. The van der Waals surface area contributed by atoms with Crippen LogP contribution in [0.15, 0.2) is 42.5 Å². The summed E-state index contributed by atoms with van der Waals surface area (Å²) in [5.74, 6) is -1.15. The minimum absolute atomic E-state index is 0.00584. The molecule has 3 aliphatic heterocycles. The molecule has 57 heavy (non-hydrogen) atoms. The van der Waals surface area contributed by atoms with E-state index in [-0.39, 0.29) is 64.8 Å². The molecule has 0 aromatic heterocycles. The quantitative estimate of drug-likeness (QED) is 0.0764. The number of ether oxygens (including phenoxy) is 11. The van der Waals surface area contributed by atoms with Crippen LogP contribution in [0.4, 0.5) is 4.79 Å². The summed E-state index contributed by atoms with van der Waals surface area (Å²) in [6, 6.07) is 9.29. The Bertz CT molecular complexity index is 1900. The zero-order valence-corrected chi connectivity index (χ0v) is 30.3. The van der Waals surface area contributed by atoms with Gasteiger partial charge in [0.2, 0.25) is 18.3 Å². The van der Waals surface area contributed by atoms with Crippen molar-refractivity contribution in [3.63, 3.8) is 0 Å². The van der Waals surface area contributed by atoms with Gasteiger partial charge in [-0.05, 0) is 18.2 Å². The second-order valence-corrected chi connectivity index (χ2v) is 12.8. The fourth-order valence-electron chi connectivity index (χ4n) is 6.17. The number of cyclic esters (lactones) is 1. The zero-order valence-electron chi connectivity index (χ0n) is 30.3. The lowest BCUT2D eigenvalue weighted by Crippen LogP contribution is -2.60. The first-order valence-electron chi connectivity index (χ1n) is 17.1. The van der Waals surface area contributed by atoms with E-state index in [0.717, 1.165) is 6.07 Å². The summed E-state index contributed by atoms with van der Waals surface area (Å²) in [5, 5.41) is 83.1. The summed E-state index contributed by atoms with van der Waals surface area (Å²) in [4.78, 5) is 23.0. The molecular formula is C36H40O21. The largest absolute Gasteiger partial charge is 0.511 e. The number of aromatic hydroxyl groups is 1. The van der Waals surface area contributed by atoms with Crippen LogP contribution < -0.4 is 37.9 Å². The van der Waals surface area contributed by atoms with Crippen molar-refractivity contribution < 1.29 is 103 Å². The molecule has 0 aliphatic carbocycles. The summed E-state index contributed by atoms with van der Waals surface area (Å²) in [5.41, 5.74) is 0.320. The van der Waals surface area contributed by atoms with Crippen LogP contribution in [0.25, 0.3) is 0 Å². The molecule has 0 amide bonds. The van der Waals surface area contributed by atoms with Crippen molar-refractivity contribution in [3.8, 4) is 51.7 Å². The average molecular weight is 809 g/mol. The first-order valence-corrected chi connectivity index (χ1v) is 17.1. The molecule has 0 radical (unpaired) electrons. The van der Waals surface area contributed by atoms with E-state index in [1.807, 2.05) is 0 Å². The number of hydrogen-bond donors (Lipinski definition) is 8. The molecule has 21 heteroatoms. The molecule has 0 spiro atoms. The van der Waals surface area contributed by atoms with E-state index in [1.54, 1.807) is 0 Å². The van der Waals surface area contributed by atoms with Crippen LogP contribution in [0, 0.1) is 0 Å². The fourth-order valence-corrected chi connectivity index (χ4v) is 6.17. The first kappa shape index (κ1) is 41.1. The number of carbonyl (C=O) groups is 2. The lowest BCUT2D eigenvalue weighted by molar-refractivity contribution is -0.276. The number of hydrogen-bond acceptors (Lipinski definition) is 20. The fraction of sp³-hybridized carbons (Fsp3) is 0.444. The number of carboxylic acid groups (broad SMARTS) is 1. The smallest absolute Gasteiger partial charge is 0.507 e. The Kier molecular flexibility index (Phi) is 12.5. The molecule has 21 nitrogen and oxygen atoms in total. The number of benzene rings is 3. The van der Waals surface area contributed by atoms with Crippen LogP contribution in [-0.4, -0.2) is 149 Å². The number of rotatable bonds is 14. The number of aliphatic hydroxyl groups is 6. The summed E-state index contributed by atoms with van der Waals surface area (Å²) >= 11 is 0. The summed E-state index contributed by atoms with van der Waals surface area (Å²) in [6.45, 7) is -0.889. The maximum absolute atomic E-state index is 11.8. The topological polar surface area (TPSA) is 298 Å². The predicted octanol–water partition coefficient (Wildman–Crippen LogP) is -0.324. The Morgan fingerprint density at radius 2 is 1.21 bits per heavy atom. The number of carbonyl (C=O) groups excluding carboxylic acids is 1. The van der Waals surface area contributed by atoms with Gasteiger partial charge in [-0.2, -0.15) is 0 Å². The number of esters is 1. The molecule has 2 fully saturated rings. The van der Waals surface area contributed by atoms with Gasteiger partial charge in [-0.1, -0.05) is 0 Å². The molecule has 0 saturated carbocycles. The molecule has 0 unspecified atom stereocenters. The van der Waals surface area contributed by atoms with Crippen molar-refractivity contribution in [1.82, 2.24) is 0 Å². The number of fused-ring (bicyclic) bond motifs is 1. The van der Waals surface area contributed by atoms with Crippen LogP contribution in [0.3, 0.4) is 0 Å². The molecule has 2 saturated heterocycles. The van der Waals surface area contributed by atoms with Crippen LogP contribution in [0.1, 0.15) is 15.9 Å². The third-order valence-electron chi connectivity index (χ3n) is 9.16. The molecule has 10 atom stereocenters. The maximum Gasteiger partial charge on any atom is 0.511 e. The van der Waals surface area contributed by atoms with E-state index in [2.05, 4.69) is 0 Å². The normalized spacial score (nSPS) is 28.1. The monoisotopic (exact) mass is 808 g/mol. The molecule has 3 aromatic carbocycles.